The summed E-state index contributed by atoms with van der Waals surface area (Å²) in [5, 5.41) is 13.3. The highest BCUT2D eigenvalue weighted by molar-refractivity contribution is 6.26. The van der Waals surface area contributed by atoms with Crippen LogP contribution in [0.15, 0.2) is 18.2 Å². The number of piperidine rings is 1. The quantitative estimate of drug-likeness (QED) is 0.449. The molecule has 1 saturated heterocycles. The molecular formula is C19H19N3O7. The van der Waals surface area contributed by atoms with Crippen molar-refractivity contribution in [3.05, 3.63) is 29.3 Å². The molecule has 1 unspecified atom stereocenters. The van der Waals surface area contributed by atoms with Gasteiger partial charge in [0.2, 0.25) is 17.7 Å². The number of benzene rings is 1. The van der Waals surface area contributed by atoms with Crippen LogP contribution in [0.4, 0.5) is 5.69 Å². The number of hydrogen-bond acceptors (Lipinski definition) is 6. The Balaban J connectivity index is 1.74. The second kappa shape index (κ2) is 8.21. The largest absolute Gasteiger partial charge is 0.481 e. The van der Waals surface area contributed by atoms with E-state index in [4.69, 9.17) is 5.11 Å². The maximum Gasteiger partial charge on any atom is 0.303 e. The van der Waals surface area contributed by atoms with Crippen molar-refractivity contribution in [2.75, 3.05) is 5.32 Å². The number of carbonyl (C=O) groups excluding carboxylic acids is 5. The molecule has 1 aromatic carbocycles. The molecule has 0 radical (unpaired) electrons. The lowest BCUT2D eigenvalue weighted by atomic mass is 10.0. The lowest BCUT2D eigenvalue weighted by molar-refractivity contribution is -0.138. The minimum absolute atomic E-state index is 0.00101. The summed E-state index contributed by atoms with van der Waals surface area (Å²) in [6.07, 6.45) is 0.793. The lowest BCUT2D eigenvalue weighted by Gasteiger charge is -2.27. The SMILES string of the molecule is O=C(O)CCCCC(=O)Nc1cccc2c1C(=O)N(C1CCC(=O)NC1=O)C2=O. The molecule has 5 amide bonds. The van der Waals surface area contributed by atoms with E-state index < -0.39 is 41.5 Å². The van der Waals surface area contributed by atoms with E-state index >= 15 is 0 Å². The number of amides is 5. The van der Waals surface area contributed by atoms with Gasteiger partial charge in [0, 0.05) is 19.3 Å². The third-order valence-corrected chi connectivity index (χ3v) is 4.79. The van der Waals surface area contributed by atoms with Gasteiger partial charge in [-0.15, -0.1) is 0 Å². The van der Waals surface area contributed by atoms with Crippen LogP contribution in [-0.4, -0.2) is 51.6 Å². The summed E-state index contributed by atoms with van der Waals surface area (Å²) >= 11 is 0. The van der Waals surface area contributed by atoms with Gasteiger partial charge in [-0.3, -0.25) is 39.0 Å². The summed E-state index contributed by atoms with van der Waals surface area (Å²) in [6, 6.07) is 3.34. The van der Waals surface area contributed by atoms with E-state index in [0.29, 0.717) is 12.8 Å². The Kier molecular flexibility index (Phi) is 5.71. The Morgan fingerprint density at radius 1 is 1.10 bits per heavy atom. The Bertz CT molecular complexity index is 924. The Labute approximate surface area is 165 Å². The summed E-state index contributed by atoms with van der Waals surface area (Å²) in [5.74, 6) is -3.88. The van der Waals surface area contributed by atoms with Crippen LogP contribution in [0.3, 0.4) is 0 Å². The average molecular weight is 401 g/mol. The molecule has 29 heavy (non-hydrogen) atoms. The first-order valence-corrected chi connectivity index (χ1v) is 9.16. The zero-order valence-corrected chi connectivity index (χ0v) is 15.4. The number of anilines is 1. The van der Waals surface area contributed by atoms with Crippen molar-refractivity contribution in [2.45, 2.75) is 44.6 Å². The minimum Gasteiger partial charge on any atom is -0.481 e. The molecule has 1 atom stereocenters. The average Bonchev–Trinajstić information content (AvgIpc) is 2.91. The van der Waals surface area contributed by atoms with E-state index in [2.05, 4.69) is 10.6 Å². The van der Waals surface area contributed by atoms with Crippen molar-refractivity contribution in [2.24, 2.45) is 0 Å². The van der Waals surface area contributed by atoms with Gasteiger partial charge in [0.15, 0.2) is 0 Å². The van der Waals surface area contributed by atoms with Crippen LogP contribution in [0.1, 0.15) is 59.2 Å². The number of nitrogens with one attached hydrogen (secondary N) is 2. The number of aliphatic carboxylic acids is 1. The van der Waals surface area contributed by atoms with Crippen molar-refractivity contribution < 1.29 is 33.9 Å². The Hall–Kier alpha value is -3.56. The van der Waals surface area contributed by atoms with E-state index in [-0.39, 0.29) is 42.5 Å². The van der Waals surface area contributed by atoms with Crippen LogP contribution < -0.4 is 10.6 Å². The third kappa shape index (κ3) is 4.15. The summed E-state index contributed by atoms with van der Waals surface area (Å²) in [4.78, 5) is 72.5. The van der Waals surface area contributed by atoms with Crippen molar-refractivity contribution >= 4 is 41.2 Å². The molecule has 2 aliphatic rings. The van der Waals surface area contributed by atoms with Gasteiger partial charge in [0.1, 0.15) is 6.04 Å². The molecule has 0 spiro atoms. The molecule has 10 nitrogen and oxygen atoms in total. The van der Waals surface area contributed by atoms with Crippen LogP contribution in [0.2, 0.25) is 0 Å². The number of carbonyl (C=O) groups is 6. The highest BCUT2D eigenvalue weighted by atomic mass is 16.4. The Morgan fingerprint density at radius 2 is 1.83 bits per heavy atom. The van der Waals surface area contributed by atoms with E-state index in [1.807, 2.05) is 0 Å². The predicted octanol–water partition coefficient (Wildman–Crippen LogP) is 0.671. The van der Waals surface area contributed by atoms with Crippen molar-refractivity contribution in [3.8, 4) is 0 Å². The number of imide groups is 2. The van der Waals surface area contributed by atoms with Crippen LogP contribution >= 0.6 is 0 Å². The van der Waals surface area contributed by atoms with Gasteiger partial charge in [-0.25, -0.2) is 0 Å². The maximum atomic E-state index is 12.9. The van der Waals surface area contributed by atoms with Crippen molar-refractivity contribution in [1.29, 1.82) is 0 Å². The number of fused-ring (bicyclic) bond motifs is 1. The number of nitrogens with zero attached hydrogens (tertiary/aromatic N) is 1. The molecule has 152 valence electrons. The molecule has 1 aromatic rings. The first kappa shape index (κ1) is 20.2. The fourth-order valence-electron chi connectivity index (χ4n) is 3.39. The van der Waals surface area contributed by atoms with Crippen LogP contribution in [0, 0.1) is 0 Å². The molecule has 3 N–H and O–H groups in total. The molecule has 0 bridgehead atoms. The van der Waals surface area contributed by atoms with Crippen LogP contribution in [0.25, 0.3) is 0 Å². The summed E-state index contributed by atoms with van der Waals surface area (Å²) < 4.78 is 0. The molecule has 1 fully saturated rings. The monoisotopic (exact) mass is 401 g/mol. The first-order valence-electron chi connectivity index (χ1n) is 9.16. The van der Waals surface area contributed by atoms with Crippen molar-refractivity contribution in [3.63, 3.8) is 0 Å². The molecule has 2 heterocycles. The Morgan fingerprint density at radius 3 is 2.52 bits per heavy atom. The van der Waals surface area contributed by atoms with Gasteiger partial charge in [0.25, 0.3) is 11.8 Å². The standard InChI is InChI=1S/C19H19N3O7/c23-13(6-1-2-7-15(25)26)20-11-5-3-4-10-16(11)19(29)22(18(10)28)12-8-9-14(24)21-17(12)27/h3-5,12H,1-2,6-9H2,(H,20,23)(H,25,26)(H,21,24,27). The van der Waals surface area contributed by atoms with Gasteiger partial charge >= 0.3 is 5.97 Å². The minimum atomic E-state index is -1.08. The molecular weight excluding hydrogens is 382 g/mol. The second-order valence-corrected chi connectivity index (χ2v) is 6.82. The molecule has 0 aromatic heterocycles. The van der Waals surface area contributed by atoms with E-state index in [9.17, 15) is 28.8 Å². The lowest BCUT2D eigenvalue weighted by Crippen LogP contribution is -2.54. The fraction of sp³-hybridized carbons (Fsp3) is 0.368. The topological polar surface area (TPSA) is 150 Å². The highest BCUT2D eigenvalue weighted by Crippen LogP contribution is 2.32. The smallest absolute Gasteiger partial charge is 0.303 e. The zero-order chi connectivity index (χ0) is 21.1. The summed E-state index contributed by atoms with van der Waals surface area (Å²) in [5.41, 5.74) is 0.225. The van der Waals surface area contributed by atoms with E-state index in [0.717, 1.165) is 4.90 Å². The first-order chi connectivity index (χ1) is 13.8. The number of rotatable bonds is 7. The fourth-order valence-corrected chi connectivity index (χ4v) is 3.39. The van der Waals surface area contributed by atoms with Gasteiger partial charge in [0.05, 0.1) is 16.8 Å². The third-order valence-electron chi connectivity index (χ3n) is 4.79. The second-order valence-electron chi connectivity index (χ2n) is 6.82. The molecule has 10 heteroatoms. The number of hydrogen-bond donors (Lipinski definition) is 3. The number of carboxylic acid groups (broad SMARTS) is 1. The summed E-state index contributed by atoms with van der Waals surface area (Å²) in [7, 11) is 0. The number of unbranched alkanes of at least 4 members (excludes halogenated alkanes) is 1. The maximum absolute atomic E-state index is 12.9. The van der Waals surface area contributed by atoms with Gasteiger partial charge in [-0.1, -0.05) is 6.07 Å². The highest BCUT2D eigenvalue weighted by Gasteiger charge is 2.45. The zero-order valence-electron chi connectivity index (χ0n) is 15.4. The molecule has 0 aliphatic carbocycles. The van der Waals surface area contributed by atoms with Crippen LogP contribution in [-0.2, 0) is 19.2 Å². The normalized spacial score (nSPS) is 18.5. The summed E-state index contributed by atoms with van der Waals surface area (Å²) in [6.45, 7) is 0. The number of carboxylic acids is 1. The van der Waals surface area contributed by atoms with Crippen LogP contribution in [0.5, 0.6) is 0 Å². The van der Waals surface area contributed by atoms with Gasteiger partial charge in [-0.2, -0.15) is 0 Å². The van der Waals surface area contributed by atoms with Crippen molar-refractivity contribution in [1.82, 2.24) is 10.2 Å². The van der Waals surface area contributed by atoms with E-state index in [1.165, 1.54) is 18.2 Å². The van der Waals surface area contributed by atoms with Gasteiger partial charge in [-0.05, 0) is 31.4 Å². The van der Waals surface area contributed by atoms with Gasteiger partial charge < -0.3 is 10.4 Å². The molecule has 2 aliphatic heterocycles. The van der Waals surface area contributed by atoms with E-state index in [1.54, 1.807) is 0 Å². The molecule has 0 saturated carbocycles. The molecule has 3 rings (SSSR count). The predicted molar refractivity (Wildman–Crippen MR) is 97.8 cm³/mol.